The van der Waals surface area contributed by atoms with E-state index in [9.17, 15) is 14.0 Å². The number of esters is 1. The van der Waals surface area contributed by atoms with Crippen molar-refractivity contribution in [1.82, 2.24) is 4.57 Å². The Labute approximate surface area is 258 Å². The Balaban J connectivity index is 1.59. The predicted octanol–water partition coefficient (Wildman–Crippen LogP) is 5.94. The first-order chi connectivity index (χ1) is 20.2. The van der Waals surface area contributed by atoms with Crippen LogP contribution in [-0.2, 0) is 16.1 Å². The zero-order chi connectivity index (χ0) is 30.0. The summed E-state index contributed by atoms with van der Waals surface area (Å²) >= 11 is 11.3. The highest BCUT2D eigenvalue weighted by molar-refractivity contribution is 9.10. The van der Waals surface area contributed by atoms with Gasteiger partial charge in [0.2, 0.25) is 0 Å². The van der Waals surface area contributed by atoms with Crippen LogP contribution in [0.25, 0.3) is 6.08 Å². The van der Waals surface area contributed by atoms with Crippen molar-refractivity contribution in [1.29, 1.82) is 0 Å². The summed E-state index contributed by atoms with van der Waals surface area (Å²) in [4.78, 5) is 32.0. The molecule has 0 unspecified atom stereocenters. The zero-order valence-corrected chi connectivity index (χ0v) is 26.0. The number of hydrogen-bond acceptors (Lipinski definition) is 7. The Morgan fingerprint density at radius 3 is 2.62 bits per heavy atom. The second-order valence-electron chi connectivity index (χ2n) is 9.23. The number of thiazole rings is 1. The molecule has 1 aliphatic heterocycles. The topological polar surface area (TPSA) is 79.1 Å². The summed E-state index contributed by atoms with van der Waals surface area (Å²) < 4.78 is 33.3. The van der Waals surface area contributed by atoms with E-state index in [2.05, 4.69) is 20.9 Å². The molecule has 0 radical (unpaired) electrons. The molecule has 11 heteroatoms. The summed E-state index contributed by atoms with van der Waals surface area (Å²) in [5.41, 5.74) is 2.00. The number of carbonyl (C=O) groups excluding carboxylic acids is 1. The number of hydrogen-bond donors (Lipinski definition) is 0. The quantitative estimate of drug-likeness (QED) is 0.217. The highest BCUT2D eigenvalue weighted by Crippen LogP contribution is 2.36. The predicted molar refractivity (Wildman–Crippen MR) is 163 cm³/mol. The number of benzene rings is 3. The first-order valence-corrected chi connectivity index (χ1v) is 14.9. The molecule has 4 aromatic rings. The van der Waals surface area contributed by atoms with Crippen LogP contribution in [0.3, 0.4) is 0 Å². The Hall–Kier alpha value is -3.73. The molecule has 0 saturated carbocycles. The number of ether oxygens (including phenoxy) is 3. The van der Waals surface area contributed by atoms with Crippen LogP contribution in [0.15, 0.2) is 86.2 Å². The minimum atomic E-state index is -0.816. The Morgan fingerprint density at radius 2 is 1.90 bits per heavy atom. The number of allylic oxidation sites excluding steroid dienone is 1. The van der Waals surface area contributed by atoms with Crippen LogP contribution in [0.5, 0.6) is 11.5 Å². The molecule has 0 bridgehead atoms. The number of carbonyl (C=O) groups is 1. The molecule has 42 heavy (non-hydrogen) atoms. The molecule has 1 aliphatic rings. The SMILES string of the molecule is CCOC(=O)C1=C(C)N=c2s/c(=C/c3cc(OC)c(OCc4ccccc4F)cc3Br)c(=O)n2[C@@H]1c1ccccc1Cl. The minimum Gasteiger partial charge on any atom is -0.493 e. The van der Waals surface area contributed by atoms with Crippen molar-refractivity contribution in [3.63, 3.8) is 0 Å². The summed E-state index contributed by atoms with van der Waals surface area (Å²) in [6, 6.07) is 16.1. The number of methoxy groups -OCH3 is 1. The normalized spacial score (nSPS) is 14.8. The fourth-order valence-corrected chi connectivity index (χ4v) is 6.34. The lowest BCUT2D eigenvalue weighted by Crippen LogP contribution is -2.40. The minimum absolute atomic E-state index is 0.0115. The fourth-order valence-electron chi connectivity index (χ4n) is 4.63. The van der Waals surface area contributed by atoms with Crippen molar-refractivity contribution in [2.45, 2.75) is 26.5 Å². The third-order valence-corrected chi connectivity index (χ3v) is 8.64. The van der Waals surface area contributed by atoms with Gasteiger partial charge in [0.05, 0.1) is 29.5 Å². The van der Waals surface area contributed by atoms with Gasteiger partial charge in [0.1, 0.15) is 18.5 Å². The average Bonchev–Trinajstić information content (AvgIpc) is 3.27. The molecule has 1 aromatic heterocycles. The Kier molecular flexibility index (Phi) is 8.96. The lowest BCUT2D eigenvalue weighted by molar-refractivity contribution is -0.139. The molecule has 1 atom stereocenters. The lowest BCUT2D eigenvalue weighted by Gasteiger charge is -2.25. The maximum Gasteiger partial charge on any atom is 0.338 e. The van der Waals surface area contributed by atoms with E-state index in [-0.39, 0.29) is 30.2 Å². The molecule has 0 aliphatic carbocycles. The third kappa shape index (κ3) is 5.79. The van der Waals surface area contributed by atoms with Gasteiger partial charge in [-0.1, -0.05) is 75.3 Å². The summed E-state index contributed by atoms with van der Waals surface area (Å²) in [5.74, 6) is -0.113. The molecule has 2 heterocycles. The molecule has 5 rings (SSSR count). The first kappa shape index (κ1) is 29.8. The van der Waals surface area contributed by atoms with E-state index < -0.39 is 12.0 Å². The van der Waals surface area contributed by atoms with Crippen LogP contribution in [0, 0.1) is 5.82 Å². The van der Waals surface area contributed by atoms with Crippen molar-refractivity contribution in [2.75, 3.05) is 13.7 Å². The Morgan fingerprint density at radius 1 is 1.17 bits per heavy atom. The molecular weight excluding hydrogens is 647 g/mol. The standard InChI is InChI=1S/C31H25BrClFN2O5S/c1-4-40-30(38)27-17(2)35-31-36(28(27)20-10-6-7-11-22(20)33)29(37)26(42-31)14-19-13-24(39-3)25(15-21(19)32)41-16-18-9-5-8-12-23(18)34/h5-15,28H,4,16H2,1-3H3/b26-14+/t28-/m1/s1. The average molecular weight is 672 g/mol. The molecule has 3 aromatic carbocycles. The Bertz CT molecular complexity index is 1900. The van der Waals surface area contributed by atoms with Crippen molar-refractivity contribution >= 4 is 50.9 Å². The van der Waals surface area contributed by atoms with E-state index in [1.807, 2.05) is 0 Å². The lowest BCUT2D eigenvalue weighted by atomic mass is 9.96. The van der Waals surface area contributed by atoms with Crippen LogP contribution in [0.4, 0.5) is 4.39 Å². The molecule has 0 amide bonds. The van der Waals surface area contributed by atoms with Crippen LogP contribution in [-0.4, -0.2) is 24.3 Å². The molecule has 0 fully saturated rings. The first-order valence-electron chi connectivity index (χ1n) is 12.9. The van der Waals surface area contributed by atoms with Gasteiger partial charge in [-0.15, -0.1) is 0 Å². The van der Waals surface area contributed by atoms with Crippen molar-refractivity contribution in [3.8, 4) is 11.5 Å². The van der Waals surface area contributed by atoms with Gasteiger partial charge in [0.15, 0.2) is 16.3 Å². The number of halogens is 3. The van der Waals surface area contributed by atoms with Crippen molar-refractivity contribution in [3.05, 3.63) is 124 Å². The van der Waals surface area contributed by atoms with Gasteiger partial charge < -0.3 is 14.2 Å². The van der Waals surface area contributed by atoms with E-state index in [1.54, 1.807) is 74.5 Å². The summed E-state index contributed by atoms with van der Waals surface area (Å²) in [6.45, 7) is 3.62. The van der Waals surface area contributed by atoms with Gasteiger partial charge in [0.25, 0.3) is 5.56 Å². The van der Waals surface area contributed by atoms with Gasteiger partial charge in [-0.2, -0.15) is 0 Å². The summed E-state index contributed by atoms with van der Waals surface area (Å²) in [7, 11) is 1.50. The smallest absolute Gasteiger partial charge is 0.338 e. The highest BCUT2D eigenvalue weighted by Gasteiger charge is 2.34. The summed E-state index contributed by atoms with van der Waals surface area (Å²) in [5, 5.41) is 0.409. The van der Waals surface area contributed by atoms with Crippen LogP contribution < -0.4 is 24.4 Å². The second kappa shape index (κ2) is 12.6. The van der Waals surface area contributed by atoms with E-state index in [0.717, 1.165) is 0 Å². The maximum atomic E-state index is 14.1. The van der Waals surface area contributed by atoms with Crippen molar-refractivity contribution in [2.24, 2.45) is 4.99 Å². The van der Waals surface area contributed by atoms with Gasteiger partial charge in [-0.25, -0.2) is 14.2 Å². The van der Waals surface area contributed by atoms with E-state index in [0.29, 0.717) is 52.7 Å². The number of aromatic nitrogens is 1. The molecule has 0 N–H and O–H groups in total. The number of rotatable bonds is 8. The maximum absolute atomic E-state index is 14.1. The van der Waals surface area contributed by atoms with Crippen LogP contribution >= 0.6 is 38.9 Å². The highest BCUT2D eigenvalue weighted by atomic mass is 79.9. The van der Waals surface area contributed by atoms with E-state index in [1.165, 1.54) is 29.1 Å². The monoisotopic (exact) mass is 670 g/mol. The summed E-state index contributed by atoms with van der Waals surface area (Å²) in [6.07, 6.45) is 1.71. The number of nitrogens with zero attached hydrogens (tertiary/aromatic N) is 2. The van der Waals surface area contributed by atoms with Gasteiger partial charge in [-0.05, 0) is 55.3 Å². The molecular formula is C31H25BrClFN2O5S. The van der Waals surface area contributed by atoms with Crippen LogP contribution in [0.2, 0.25) is 5.02 Å². The van der Waals surface area contributed by atoms with Gasteiger partial charge in [-0.3, -0.25) is 9.36 Å². The molecule has 0 spiro atoms. The van der Waals surface area contributed by atoms with Gasteiger partial charge >= 0.3 is 5.97 Å². The fraction of sp³-hybridized carbons (Fsp3) is 0.194. The number of fused-ring (bicyclic) bond motifs is 1. The van der Waals surface area contributed by atoms with Gasteiger partial charge in [0, 0.05) is 15.1 Å². The molecule has 216 valence electrons. The zero-order valence-electron chi connectivity index (χ0n) is 22.8. The molecule has 0 saturated heterocycles. The third-order valence-electron chi connectivity index (χ3n) is 6.63. The van der Waals surface area contributed by atoms with E-state index >= 15 is 0 Å². The second-order valence-corrected chi connectivity index (χ2v) is 11.5. The molecule has 7 nitrogen and oxygen atoms in total. The van der Waals surface area contributed by atoms with Crippen LogP contribution in [0.1, 0.15) is 36.6 Å². The van der Waals surface area contributed by atoms with E-state index in [4.69, 9.17) is 25.8 Å². The van der Waals surface area contributed by atoms with Crippen molar-refractivity contribution < 1.29 is 23.4 Å². The largest absolute Gasteiger partial charge is 0.493 e.